The molecule has 0 bridgehead atoms. The Kier molecular flexibility index (Phi) is 6.44. The Morgan fingerprint density at radius 2 is 2.03 bits per heavy atom. The van der Waals surface area contributed by atoms with Crippen LogP contribution in [0.1, 0.15) is 36.7 Å². The van der Waals surface area contributed by atoms with E-state index in [1.165, 1.54) is 26.2 Å². The van der Waals surface area contributed by atoms with Crippen LogP contribution in [0.3, 0.4) is 0 Å². The van der Waals surface area contributed by atoms with Gasteiger partial charge in [0.15, 0.2) is 5.65 Å². The second kappa shape index (κ2) is 9.47. The number of nitriles is 1. The molecule has 0 unspecified atom stereocenters. The molecule has 0 aliphatic rings. The van der Waals surface area contributed by atoms with Gasteiger partial charge in [-0.05, 0) is 26.8 Å². The lowest BCUT2D eigenvalue weighted by Crippen LogP contribution is -2.42. The maximum Gasteiger partial charge on any atom is 0.255 e. The Bertz CT molecular complexity index is 1410. The predicted molar refractivity (Wildman–Crippen MR) is 126 cm³/mol. The highest BCUT2D eigenvalue weighted by Crippen LogP contribution is 2.27. The van der Waals surface area contributed by atoms with Crippen LogP contribution < -0.4 is 10.6 Å². The number of carbonyl (C=O) groups is 1. The fourth-order valence-corrected chi connectivity index (χ4v) is 3.28. The first-order chi connectivity index (χ1) is 16.7. The van der Waals surface area contributed by atoms with Crippen LogP contribution in [0.25, 0.3) is 17.0 Å². The van der Waals surface area contributed by atoms with Crippen LogP contribution in [-0.2, 0) is 6.54 Å². The molecule has 0 fully saturated rings. The number of rotatable bonds is 8. The van der Waals surface area contributed by atoms with E-state index in [1.807, 2.05) is 13.0 Å². The minimum Gasteiger partial charge on any atom is -0.387 e. The van der Waals surface area contributed by atoms with Gasteiger partial charge in [-0.3, -0.25) is 14.5 Å². The van der Waals surface area contributed by atoms with E-state index >= 15 is 0 Å². The highest BCUT2D eigenvalue weighted by molar-refractivity contribution is 6.00. The van der Waals surface area contributed by atoms with Gasteiger partial charge in [0, 0.05) is 25.0 Å². The van der Waals surface area contributed by atoms with Gasteiger partial charge >= 0.3 is 0 Å². The smallest absolute Gasteiger partial charge is 0.255 e. The molecule has 0 aliphatic heterocycles. The first kappa shape index (κ1) is 23.8. The molecule has 4 heterocycles. The number of nitrogens with zero attached hydrogens (tertiary/aromatic N) is 7. The zero-order valence-electron chi connectivity index (χ0n) is 19.4. The third kappa shape index (κ3) is 5.10. The average molecular weight is 478 g/mol. The molecule has 35 heavy (non-hydrogen) atoms. The van der Waals surface area contributed by atoms with Gasteiger partial charge in [-0.25, -0.2) is 13.9 Å². The minimum atomic E-state index is -1.65. The summed E-state index contributed by atoms with van der Waals surface area (Å²) in [6.07, 6.45) is 6.12. The number of fused-ring (bicyclic) bond motifs is 1. The molecule has 4 aromatic heterocycles. The normalized spacial score (nSPS) is 12.3. The number of carbonyl (C=O) groups excluding carboxylic acids is 1. The van der Waals surface area contributed by atoms with Crippen LogP contribution in [0.15, 0.2) is 43.1 Å². The summed E-state index contributed by atoms with van der Waals surface area (Å²) in [4.78, 5) is 21.6. The van der Waals surface area contributed by atoms with E-state index < -0.39 is 17.7 Å². The van der Waals surface area contributed by atoms with Crippen molar-refractivity contribution in [3.63, 3.8) is 0 Å². The molecular weight excluding hydrogens is 453 g/mol. The van der Waals surface area contributed by atoms with Gasteiger partial charge < -0.3 is 15.7 Å². The van der Waals surface area contributed by atoms with Gasteiger partial charge in [0.05, 0.1) is 58.9 Å². The molecular formula is C23H24FN9O2. The van der Waals surface area contributed by atoms with Gasteiger partial charge in [0.25, 0.3) is 5.91 Å². The number of halogens is 1. The standard InChI is InChI=1S/C23H24FN9O2/c1-4-32-13-15(9-29-32)31-17-6-18(19-11-27-21-5-14(7-25)8-30-33(19)21)26-10-16(17)22(34)28-12-20(24)23(2,3)35/h5-6,8-11,13,20,35H,4,12H2,1-3H3,(H,26,31)(H,28,34)/t20-/m1/s1. The molecule has 0 aliphatic carbocycles. The van der Waals surface area contributed by atoms with Crippen molar-refractivity contribution in [3.8, 4) is 17.5 Å². The van der Waals surface area contributed by atoms with Gasteiger partial charge in [0.1, 0.15) is 17.9 Å². The highest BCUT2D eigenvalue weighted by atomic mass is 19.1. The molecule has 3 N–H and O–H groups in total. The monoisotopic (exact) mass is 477 g/mol. The van der Waals surface area contributed by atoms with E-state index in [1.54, 1.807) is 39.9 Å². The molecule has 180 valence electrons. The summed E-state index contributed by atoms with van der Waals surface area (Å²) in [5.41, 5.74) is 1.51. The van der Waals surface area contributed by atoms with Crippen LogP contribution in [0, 0.1) is 11.3 Å². The summed E-state index contributed by atoms with van der Waals surface area (Å²) < 4.78 is 17.4. The molecule has 0 saturated carbocycles. The average Bonchev–Trinajstić information content (AvgIpc) is 3.47. The third-order valence-electron chi connectivity index (χ3n) is 5.35. The van der Waals surface area contributed by atoms with Crippen molar-refractivity contribution in [1.29, 1.82) is 5.26 Å². The van der Waals surface area contributed by atoms with Gasteiger partial charge in [-0.1, -0.05) is 0 Å². The number of hydrogen-bond acceptors (Lipinski definition) is 8. The molecule has 4 rings (SSSR count). The number of aliphatic hydroxyl groups is 1. The van der Waals surface area contributed by atoms with Crippen LogP contribution in [-0.4, -0.2) is 58.7 Å². The lowest BCUT2D eigenvalue weighted by atomic mass is 10.0. The second-order valence-electron chi connectivity index (χ2n) is 8.43. The Balaban J connectivity index is 1.70. The van der Waals surface area contributed by atoms with Crippen molar-refractivity contribution in [3.05, 3.63) is 54.2 Å². The summed E-state index contributed by atoms with van der Waals surface area (Å²) in [5, 5.41) is 33.1. The fraction of sp³-hybridized carbons (Fsp3) is 0.304. The molecule has 4 aromatic rings. The number of amides is 1. The molecule has 1 atom stereocenters. The number of anilines is 2. The Morgan fingerprint density at radius 3 is 2.71 bits per heavy atom. The number of alkyl halides is 1. The van der Waals surface area contributed by atoms with Crippen molar-refractivity contribution in [2.75, 3.05) is 11.9 Å². The largest absolute Gasteiger partial charge is 0.387 e. The lowest BCUT2D eigenvalue weighted by molar-refractivity contribution is -0.00177. The second-order valence-corrected chi connectivity index (χ2v) is 8.43. The lowest BCUT2D eigenvalue weighted by Gasteiger charge is -2.22. The molecule has 1 amide bonds. The Hall–Kier alpha value is -4.37. The maximum absolute atomic E-state index is 14.2. The highest BCUT2D eigenvalue weighted by Gasteiger charge is 2.27. The fourth-order valence-electron chi connectivity index (χ4n) is 3.28. The van der Waals surface area contributed by atoms with Gasteiger partial charge in [0.2, 0.25) is 0 Å². The van der Waals surface area contributed by atoms with E-state index in [4.69, 9.17) is 5.26 Å². The molecule has 11 nitrogen and oxygen atoms in total. The summed E-state index contributed by atoms with van der Waals surface area (Å²) in [5.74, 6) is -0.559. The molecule has 0 aromatic carbocycles. The number of imidazole rings is 1. The zero-order chi connectivity index (χ0) is 25.2. The van der Waals surface area contributed by atoms with E-state index in [9.17, 15) is 14.3 Å². The van der Waals surface area contributed by atoms with Crippen molar-refractivity contribution >= 4 is 22.9 Å². The molecule has 12 heteroatoms. The zero-order valence-corrected chi connectivity index (χ0v) is 19.4. The quantitative estimate of drug-likeness (QED) is 0.351. The van der Waals surface area contributed by atoms with Gasteiger partial charge in [-0.15, -0.1) is 0 Å². The van der Waals surface area contributed by atoms with Gasteiger partial charge in [-0.2, -0.15) is 15.5 Å². The Morgan fingerprint density at radius 1 is 1.23 bits per heavy atom. The van der Waals surface area contributed by atoms with Crippen LogP contribution >= 0.6 is 0 Å². The van der Waals surface area contributed by atoms with Crippen LogP contribution in [0.4, 0.5) is 15.8 Å². The van der Waals surface area contributed by atoms with E-state index in [-0.39, 0.29) is 12.1 Å². The first-order valence-electron chi connectivity index (χ1n) is 10.9. The SMILES string of the molecule is CCn1cc(Nc2cc(-c3cnc4cc(C#N)cnn34)ncc2C(=O)NC[C@@H](F)C(C)(C)O)cn1. The molecule has 0 radical (unpaired) electrons. The Labute approximate surface area is 200 Å². The number of hydrogen-bond donors (Lipinski definition) is 3. The van der Waals surface area contributed by atoms with Crippen molar-refractivity contribution < 1.29 is 14.3 Å². The maximum atomic E-state index is 14.2. The van der Waals surface area contributed by atoms with E-state index in [2.05, 4.69) is 30.8 Å². The number of nitrogens with one attached hydrogen (secondary N) is 2. The third-order valence-corrected chi connectivity index (χ3v) is 5.35. The summed E-state index contributed by atoms with van der Waals surface area (Å²) in [6, 6.07) is 5.29. The number of aryl methyl sites for hydroxylation is 1. The number of pyridine rings is 1. The van der Waals surface area contributed by atoms with Crippen LogP contribution in [0.2, 0.25) is 0 Å². The topological polar surface area (TPSA) is 146 Å². The summed E-state index contributed by atoms with van der Waals surface area (Å²) in [6.45, 7) is 4.93. The molecule has 0 saturated heterocycles. The van der Waals surface area contributed by atoms with Crippen molar-refractivity contribution in [2.24, 2.45) is 0 Å². The van der Waals surface area contributed by atoms with Crippen molar-refractivity contribution in [2.45, 2.75) is 39.1 Å². The summed E-state index contributed by atoms with van der Waals surface area (Å²) in [7, 11) is 0. The van der Waals surface area contributed by atoms with E-state index in [0.717, 1.165) is 0 Å². The number of aromatic nitrogens is 6. The van der Waals surface area contributed by atoms with Crippen molar-refractivity contribution in [1.82, 2.24) is 34.7 Å². The van der Waals surface area contributed by atoms with Crippen LogP contribution in [0.5, 0.6) is 0 Å². The summed E-state index contributed by atoms with van der Waals surface area (Å²) >= 11 is 0. The minimum absolute atomic E-state index is 0.175. The van der Waals surface area contributed by atoms with E-state index in [0.29, 0.717) is 40.5 Å². The predicted octanol–water partition coefficient (Wildman–Crippen LogP) is 2.46. The molecule has 0 spiro atoms. The first-order valence-corrected chi connectivity index (χ1v) is 10.9.